The van der Waals surface area contributed by atoms with Gasteiger partial charge in [-0.3, -0.25) is 9.63 Å². The first-order valence-corrected chi connectivity index (χ1v) is 9.85. The van der Waals surface area contributed by atoms with Crippen LogP contribution in [0.2, 0.25) is 0 Å². The molecule has 33 heavy (non-hydrogen) atoms. The molecule has 10 heteroatoms. The first kappa shape index (κ1) is 24.8. The molecule has 1 fully saturated rings. The van der Waals surface area contributed by atoms with E-state index < -0.39 is 35.8 Å². The number of hydrogen-bond donors (Lipinski definition) is 0. The highest BCUT2D eigenvalue weighted by Gasteiger charge is 2.74. The molecule has 1 unspecified atom stereocenters. The Bertz CT molecular complexity index is 1010. The highest BCUT2D eigenvalue weighted by molar-refractivity contribution is 5.90. The molecular formula is C23H20F7NO2. The number of halogens is 7. The lowest BCUT2D eigenvalue weighted by Crippen LogP contribution is -2.54. The number of rotatable bonds is 7. The van der Waals surface area contributed by atoms with E-state index in [1.807, 2.05) is 0 Å². The average Bonchev–Trinajstić information content (AvgIpc) is 2.96. The maximum absolute atomic E-state index is 14.3. The van der Waals surface area contributed by atoms with Gasteiger partial charge in [0.1, 0.15) is 6.61 Å². The molecule has 1 heterocycles. The van der Waals surface area contributed by atoms with Gasteiger partial charge in [-0.15, -0.1) is 0 Å². The van der Waals surface area contributed by atoms with Crippen LogP contribution in [-0.4, -0.2) is 35.5 Å². The van der Waals surface area contributed by atoms with Crippen LogP contribution in [0.25, 0.3) is 6.08 Å². The molecule has 0 saturated carbocycles. The van der Waals surface area contributed by atoms with E-state index in [1.54, 1.807) is 60.7 Å². The van der Waals surface area contributed by atoms with Crippen LogP contribution in [0.5, 0.6) is 0 Å². The Kier molecular flexibility index (Phi) is 6.61. The van der Waals surface area contributed by atoms with Gasteiger partial charge in [-0.25, -0.2) is 5.06 Å². The van der Waals surface area contributed by atoms with Gasteiger partial charge in [0.15, 0.2) is 0 Å². The maximum Gasteiger partial charge on any atom is 0.459 e. The second kappa shape index (κ2) is 8.81. The van der Waals surface area contributed by atoms with Crippen LogP contribution in [0.3, 0.4) is 0 Å². The Morgan fingerprint density at radius 2 is 1.48 bits per heavy atom. The minimum Gasteiger partial charge on any atom is -0.272 e. The second-order valence-corrected chi connectivity index (χ2v) is 7.97. The fourth-order valence-corrected chi connectivity index (χ4v) is 3.55. The van der Waals surface area contributed by atoms with Crippen LogP contribution >= 0.6 is 0 Å². The van der Waals surface area contributed by atoms with Crippen molar-refractivity contribution in [2.45, 2.75) is 38.0 Å². The summed E-state index contributed by atoms with van der Waals surface area (Å²) < 4.78 is 94.0. The third-order valence-electron chi connectivity index (χ3n) is 5.48. The van der Waals surface area contributed by atoms with Crippen molar-refractivity contribution in [3.63, 3.8) is 0 Å². The Morgan fingerprint density at radius 1 is 0.939 bits per heavy atom. The summed E-state index contributed by atoms with van der Waals surface area (Å²) in [6.07, 6.45) is -7.21. The zero-order chi connectivity index (χ0) is 24.5. The third-order valence-corrected chi connectivity index (χ3v) is 5.48. The molecule has 0 radical (unpaired) electrons. The molecule has 0 aromatic heterocycles. The summed E-state index contributed by atoms with van der Waals surface area (Å²) in [6.45, 7) is 0.428. The fourth-order valence-electron chi connectivity index (χ4n) is 3.55. The number of hydrogen-bond acceptors (Lipinski definition) is 2. The van der Waals surface area contributed by atoms with Crippen molar-refractivity contribution >= 4 is 12.0 Å². The molecule has 1 amide bonds. The SMILES string of the molecule is CC1(CC(F)(F)C(F)(F)C(F)(F)F)C(=O)N(OCc2ccccc2)C/C1=C/c1ccccc1. The molecule has 1 saturated heterocycles. The van der Waals surface area contributed by atoms with Gasteiger partial charge in [-0.05, 0) is 23.6 Å². The number of hydroxylamine groups is 2. The van der Waals surface area contributed by atoms with Gasteiger partial charge in [-0.2, -0.15) is 30.7 Å². The summed E-state index contributed by atoms with van der Waals surface area (Å²) in [4.78, 5) is 18.4. The van der Waals surface area contributed by atoms with Gasteiger partial charge in [0.2, 0.25) is 0 Å². The second-order valence-electron chi connectivity index (χ2n) is 7.97. The molecule has 1 atom stereocenters. The first-order valence-electron chi connectivity index (χ1n) is 9.85. The smallest absolute Gasteiger partial charge is 0.272 e. The summed E-state index contributed by atoms with van der Waals surface area (Å²) in [5.74, 6) is -13.0. The number of benzene rings is 2. The van der Waals surface area contributed by atoms with Crippen molar-refractivity contribution in [2.75, 3.05) is 6.54 Å². The van der Waals surface area contributed by atoms with E-state index in [2.05, 4.69) is 0 Å². The van der Waals surface area contributed by atoms with Gasteiger partial charge in [-0.1, -0.05) is 66.7 Å². The molecule has 178 valence electrons. The summed E-state index contributed by atoms with van der Waals surface area (Å²) in [7, 11) is 0. The topological polar surface area (TPSA) is 29.5 Å². The predicted octanol–water partition coefficient (Wildman–Crippen LogP) is 6.27. The molecule has 3 nitrogen and oxygen atoms in total. The van der Waals surface area contributed by atoms with Crippen LogP contribution in [0.4, 0.5) is 30.7 Å². The Morgan fingerprint density at radius 3 is 2.03 bits per heavy atom. The fraction of sp³-hybridized carbons (Fsp3) is 0.348. The third kappa shape index (κ3) is 4.90. The minimum atomic E-state index is -6.48. The van der Waals surface area contributed by atoms with Crippen molar-refractivity contribution in [2.24, 2.45) is 5.41 Å². The zero-order valence-corrected chi connectivity index (χ0v) is 17.4. The molecule has 1 aliphatic heterocycles. The Hall–Kier alpha value is -2.88. The average molecular weight is 475 g/mol. The normalized spacial score (nSPS) is 21.2. The lowest BCUT2D eigenvalue weighted by Gasteiger charge is -2.34. The minimum absolute atomic E-state index is 0.0654. The van der Waals surface area contributed by atoms with E-state index in [0.717, 1.165) is 12.0 Å². The van der Waals surface area contributed by atoms with Crippen molar-refractivity contribution in [1.29, 1.82) is 0 Å². The van der Waals surface area contributed by atoms with Gasteiger partial charge in [0.25, 0.3) is 5.91 Å². The van der Waals surface area contributed by atoms with Gasteiger partial charge < -0.3 is 0 Å². The highest BCUT2D eigenvalue weighted by Crippen LogP contribution is 2.54. The monoisotopic (exact) mass is 475 g/mol. The van der Waals surface area contributed by atoms with Crippen LogP contribution in [0, 0.1) is 5.41 Å². The summed E-state index contributed by atoms with van der Waals surface area (Å²) in [5, 5.41) is 0.726. The van der Waals surface area contributed by atoms with Gasteiger partial charge >= 0.3 is 18.0 Å². The quantitative estimate of drug-likeness (QED) is 0.442. The summed E-state index contributed by atoms with van der Waals surface area (Å²) in [6, 6.07) is 16.6. The summed E-state index contributed by atoms with van der Waals surface area (Å²) in [5.41, 5.74) is -1.32. The largest absolute Gasteiger partial charge is 0.459 e. The molecule has 0 bridgehead atoms. The van der Waals surface area contributed by atoms with Crippen LogP contribution in [0.15, 0.2) is 66.2 Å². The van der Waals surface area contributed by atoms with Crippen LogP contribution in [-0.2, 0) is 16.2 Å². The molecule has 2 aromatic carbocycles. The Balaban J connectivity index is 1.95. The number of carbonyl (C=O) groups is 1. The van der Waals surface area contributed by atoms with E-state index in [0.29, 0.717) is 11.1 Å². The van der Waals surface area contributed by atoms with Crippen LogP contribution < -0.4 is 0 Å². The summed E-state index contributed by atoms with van der Waals surface area (Å²) >= 11 is 0. The van der Waals surface area contributed by atoms with Gasteiger partial charge in [0.05, 0.1) is 12.0 Å². The van der Waals surface area contributed by atoms with Crippen molar-refractivity contribution in [3.8, 4) is 0 Å². The van der Waals surface area contributed by atoms with Crippen molar-refractivity contribution in [1.82, 2.24) is 5.06 Å². The number of alkyl halides is 7. The van der Waals surface area contributed by atoms with E-state index >= 15 is 0 Å². The van der Waals surface area contributed by atoms with Crippen molar-refractivity contribution < 1.29 is 40.4 Å². The molecule has 0 N–H and O–H groups in total. The highest BCUT2D eigenvalue weighted by atomic mass is 19.4. The van der Waals surface area contributed by atoms with Crippen molar-refractivity contribution in [3.05, 3.63) is 77.4 Å². The zero-order valence-electron chi connectivity index (χ0n) is 17.4. The number of nitrogens with zero attached hydrogens (tertiary/aromatic N) is 1. The standard InChI is InChI=1S/C23H20F7NO2/c1-20(15-21(24,25)22(26,27)23(28,29)30)18(12-16-8-4-2-5-9-16)13-31(19(20)32)33-14-17-10-6-3-7-11-17/h2-12H,13-15H2,1H3/b18-12-. The van der Waals surface area contributed by atoms with Gasteiger partial charge in [0, 0.05) is 6.42 Å². The van der Waals surface area contributed by atoms with E-state index in [4.69, 9.17) is 4.84 Å². The van der Waals surface area contributed by atoms with Crippen LogP contribution in [0.1, 0.15) is 24.5 Å². The molecule has 0 aliphatic carbocycles. The number of amides is 1. The number of carbonyl (C=O) groups excluding carboxylic acids is 1. The lowest BCUT2D eigenvalue weighted by molar-refractivity contribution is -0.358. The van der Waals surface area contributed by atoms with E-state index in [1.165, 1.54) is 6.08 Å². The first-order chi connectivity index (χ1) is 15.3. The predicted molar refractivity (Wildman–Crippen MR) is 106 cm³/mol. The Labute approximate surface area is 185 Å². The van der Waals surface area contributed by atoms with E-state index in [-0.39, 0.29) is 18.7 Å². The molecule has 3 rings (SSSR count). The molecule has 0 spiro atoms. The van der Waals surface area contributed by atoms with E-state index in [9.17, 15) is 35.5 Å². The molecule has 2 aromatic rings. The maximum atomic E-state index is 14.3. The molecular weight excluding hydrogens is 455 g/mol. The lowest BCUT2D eigenvalue weighted by atomic mass is 9.77. The molecule has 1 aliphatic rings.